The van der Waals surface area contributed by atoms with Crippen molar-refractivity contribution in [1.29, 1.82) is 0 Å². The number of fused-ring (bicyclic) bond motifs is 1. The lowest BCUT2D eigenvalue weighted by Crippen LogP contribution is -2.11. The summed E-state index contributed by atoms with van der Waals surface area (Å²) in [5.41, 5.74) is 1.12. The maximum atomic E-state index is 10.5. The molecule has 3 heteroatoms. The van der Waals surface area contributed by atoms with Crippen molar-refractivity contribution < 1.29 is 9.84 Å². The van der Waals surface area contributed by atoms with Gasteiger partial charge in [0.25, 0.3) is 0 Å². The monoisotopic (exact) mass is 260 g/mol. The first-order chi connectivity index (χ1) is 8.79. The summed E-state index contributed by atoms with van der Waals surface area (Å²) in [6, 6.07) is 12.1. The molecule has 0 radical (unpaired) electrons. The molecule has 2 nitrogen and oxygen atoms in total. The molecule has 94 valence electrons. The zero-order chi connectivity index (χ0) is 12.5. The summed E-state index contributed by atoms with van der Waals surface area (Å²) in [5.74, 6) is 0.971. The van der Waals surface area contributed by atoms with Gasteiger partial charge in [0.15, 0.2) is 0 Å². The smallest absolute Gasteiger partial charge is 0.123 e. The Morgan fingerprint density at radius 2 is 2.17 bits per heavy atom. The molecule has 1 aliphatic rings. The third kappa shape index (κ3) is 1.93. The van der Waals surface area contributed by atoms with Crippen LogP contribution in [0.15, 0.2) is 36.4 Å². The topological polar surface area (TPSA) is 29.5 Å². The van der Waals surface area contributed by atoms with E-state index in [0.29, 0.717) is 6.61 Å². The predicted octanol–water partition coefficient (Wildman–Crippen LogP) is 3.52. The lowest BCUT2D eigenvalue weighted by molar-refractivity contribution is 0.133. The van der Waals surface area contributed by atoms with Gasteiger partial charge in [0.05, 0.1) is 18.6 Å². The van der Waals surface area contributed by atoms with Crippen LogP contribution in [0.2, 0.25) is 0 Å². The molecule has 0 fully saturated rings. The molecule has 1 N–H and O–H groups in total. The molecule has 2 atom stereocenters. The van der Waals surface area contributed by atoms with Crippen LogP contribution in [0.25, 0.3) is 0 Å². The van der Waals surface area contributed by atoms with Crippen molar-refractivity contribution >= 4 is 11.3 Å². The maximum absolute atomic E-state index is 10.5. The van der Waals surface area contributed by atoms with Gasteiger partial charge < -0.3 is 9.84 Å². The van der Waals surface area contributed by atoms with E-state index in [1.165, 1.54) is 4.88 Å². The van der Waals surface area contributed by atoms with Crippen molar-refractivity contribution in [3.8, 4) is 5.75 Å². The van der Waals surface area contributed by atoms with Gasteiger partial charge >= 0.3 is 0 Å². The van der Waals surface area contributed by atoms with Crippen LogP contribution in [0.5, 0.6) is 5.75 Å². The Hall–Kier alpha value is -1.32. The zero-order valence-electron chi connectivity index (χ0n) is 10.3. The molecule has 2 heterocycles. The highest BCUT2D eigenvalue weighted by molar-refractivity contribution is 7.12. The number of hydrogen-bond donors (Lipinski definition) is 1. The number of aryl methyl sites for hydroxylation is 1. The van der Waals surface area contributed by atoms with Crippen LogP contribution in [-0.2, 0) is 6.42 Å². The Labute approximate surface area is 111 Å². The summed E-state index contributed by atoms with van der Waals surface area (Å²) in [6.45, 7) is 2.70. The highest BCUT2D eigenvalue weighted by Gasteiger charge is 2.31. The average Bonchev–Trinajstić information content (AvgIpc) is 3.04. The Kier molecular flexibility index (Phi) is 3.10. The van der Waals surface area contributed by atoms with Crippen LogP contribution < -0.4 is 4.74 Å². The lowest BCUT2D eigenvalue weighted by atomic mass is 9.94. The van der Waals surface area contributed by atoms with Crippen molar-refractivity contribution in [2.45, 2.75) is 25.4 Å². The number of para-hydroxylation sites is 1. The van der Waals surface area contributed by atoms with E-state index in [2.05, 4.69) is 13.0 Å². The van der Waals surface area contributed by atoms with E-state index in [1.54, 1.807) is 11.3 Å². The van der Waals surface area contributed by atoms with Gasteiger partial charge in [0.1, 0.15) is 5.75 Å². The van der Waals surface area contributed by atoms with Gasteiger partial charge in [-0.25, -0.2) is 0 Å². The summed E-state index contributed by atoms with van der Waals surface area (Å²) in [7, 11) is 0. The summed E-state index contributed by atoms with van der Waals surface area (Å²) in [5, 5.41) is 10.5. The molecular weight excluding hydrogens is 244 g/mol. The fourth-order valence-electron chi connectivity index (χ4n) is 2.39. The first kappa shape index (κ1) is 11.8. The molecule has 3 rings (SSSR count). The van der Waals surface area contributed by atoms with Crippen LogP contribution in [0.4, 0.5) is 0 Å². The predicted molar refractivity (Wildman–Crippen MR) is 73.3 cm³/mol. The first-order valence-corrected chi connectivity index (χ1v) is 7.09. The number of rotatable bonds is 3. The second-order valence-electron chi connectivity index (χ2n) is 4.56. The van der Waals surface area contributed by atoms with E-state index in [-0.39, 0.29) is 5.92 Å². The second-order valence-corrected chi connectivity index (χ2v) is 5.76. The van der Waals surface area contributed by atoms with Crippen molar-refractivity contribution in [1.82, 2.24) is 0 Å². The second kappa shape index (κ2) is 4.75. The molecule has 1 aromatic carbocycles. The van der Waals surface area contributed by atoms with E-state index >= 15 is 0 Å². The van der Waals surface area contributed by atoms with E-state index < -0.39 is 6.10 Å². The molecule has 0 amide bonds. The Morgan fingerprint density at radius 3 is 2.94 bits per heavy atom. The SMILES string of the molecule is CCc1ccc(C(O)C2COc3ccccc32)s1. The number of benzene rings is 1. The molecule has 2 unspecified atom stereocenters. The van der Waals surface area contributed by atoms with Crippen LogP contribution in [-0.4, -0.2) is 11.7 Å². The largest absolute Gasteiger partial charge is 0.493 e. The molecule has 0 saturated carbocycles. The fourth-order valence-corrected chi connectivity index (χ4v) is 3.39. The number of aliphatic hydroxyl groups is 1. The van der Waals surface area contributed by atoms with Gasteiger partial charge in [-0.05, 0) is 24.6 Å². The standard InChI is InChI=1S/C15H16O2S/c1-2-10-7-8-14(18-10)15(16)12-9-17-13-6-4-3-5-11(12)13/h3-8,12,15-16H,2,9H2,1H3. The maximum Gasteiger partial charge on any atom is 0.123 e. The van der Waals surface area contributed by atoms with Gasteiger partial charge in [-0.15, -0.1) is 11.3 Å². The molecule has 1 aromatic heterocycles. The number of thiophene rings is 1. The number of hydrogen-bond acceptors (Lipinski definition) is 3. The van der Waals surface area contributed by atoms with Gasteiger partial charge in [0, 0.05) is 15.3 Å². The molecule has 18 heavy (non-hydrogen) atoms. The number of aliphatic hydroxyl groups excluding tert-OH is 1. The van der Waals surface area contributed by atoms with Gasteiger partial charge in [-0.1, -0.05) is 25.1 Å². The summed E-state index contributed by atoms with van der Waals surface area (Å²) < 4.78 is 5.63. The summed E-state index contributed by atoms with van der Waals surface area (Å²) >= 11 is 1.70. The Balaban J connectivity index is 1.88. The average molecular weight is 260 g/mol. The van der Waals surface area contributed by atoms with E-state index in [4.69, 9.17) is 4.74 Å². The van der Waals surface area contributed by atoms with Crippen LogP contribution in [0.1, 0.15) is 34.3 Å². The number of ether oxygens (including phenoxy) is 1. The highest BCUT2D eigenvalue weighted by Crippen LogP contribution is 2.42. The highest BCUT2D eigenvalue weighted by atomic mass is 32.1. The third-order valence-corrected chi connectivity index (χ3v) is 4.74. The zero-order valence-corrected chi connectivity index (χ0v) is 11.1. The van der Waals surface area contributed by atoms with E-state index in [9.17, 15) is 5.11 Å². The Morgan fingerprint density at radius 1 is 1.33 bits per heavy atom. The summed E-state index contributed by atoms with van der Waals surface area (Å²) in [6.07, 6.45) is 0.564. The van der Waals surface area contributed by atoms with Crippen molar-refractivity contribution in [3.05, 3.63) is 51.7 Å². The van der Waals surface area contributed by atoms with E-state index in [1.807, 2.05) is 30.3 Å². The third-order valence-electron chi connectivity index (χ3n) is 3.44. The minimum atomic E-state index is -0.459. The van der Waals surface area contributed by atoms with Crippen molar-refractivity contribution in [3.63, 3.8) is 0 Å². The molecule has 1 aliphatic heterocycles. The first-order valence-electron chi connectivity index (χ1n) is 6.28. The Bertz CT molecular complexity index is 547. The van der Waals surface area contributed by atoms with Crippen molar-refractivity contribution in [2.75, 3.05) is 6.61 Å². The van der Waals surface area contributed by atoms with Gasteiger partial charge in [-0.2, -0.15) is 0 Å². The van der Waals surface area contributed by atoms with Crippen LogP contribution in [0.3, 0.4) is 0 Å². The molecule has 0 bridgehead atoms. The molecule has 2 aromatic rings. The molecule has 0 aliphatic carbocycles. The van der Waals surface area contributed by atoms with Crippen molar-refractivity contribution in [2.24, 2.45) is 0 Å². The minimum absolute atomic E-state index is 0.0598. The summed E-state index contributed by atoms with van der Waals surface area (Å²) in [4.78, 5) is 2.36. The van der Waals surface area contributed by atoms with Crippen LogP contribution >= 0.6 is 11.3 Å². The minimum Gasteiger partial charge on any atom is -0.493 e. The van der Waals surface area contributed by atoms with E-state index in [0.717, 1.165) is 22.6 Å². The lowest BCUT2D eigenvalue weighted by Gasteiger charge is -2.15. The normalized spacial score (nSPS) is 19.3. The fraction of sp³-hybridized carbons (Fsp3) is 0.333. The van der Waals surface area contributed by atoms with Crippen LogP contribution in [0, 0.1) is 0 Å². The molecular formula is C15H16O2S. The van der Waals surface area contributed by atoms with Gasteiger partial charge in [0.2, 0.25) is 0 Å². The van der Waals surface area contributed by atoms with Gasteiger partial charge in [-0.3, -0.25) is 0 Å². The molecule has 0 spiro atoms. The quantitative estimate of drug-likeness (QED) is 0.915. The molecule has 0 saturated heterocycles.